The van der Waals surface area contributed by atoms with E-state index in [1.165, 1.54) is 12.1 Å². The predicted molar refractivity (Wildman–Crippen MR) is 82.7 cm³/mol. The third-order valence-electron chi connectivity index (χ3n) is 2.54. The van der Waals surface area contributed by atoms with Gasteiger partial charge in [-0.1, -0.05) is 29.3 Å². The second-order valence-corrected chi connectivity index (χ2v) is 5.10. The fraction of sp³-hybridized carbons (Fsp3) is 0.0714. The summed E-state index contributed by atoms with van der Waals surface area (Å²) in [6, 6.07) is 7.94. The van der Waals surface area contributed by atoms with Crippen LogP contribution in [0.15, 0.2) is 36.5 Å². The molecule has 0 atom stereocenters. The van der Waals surface area contributed by atoms with Gasteiger partial charge in [-0.3, -0.25) is 9.59 Å². The number of aromatic nitrogens is 1. The van der Waals surface area contributed by atoms with E-state index in [1.54, 1.807) is 24.4 Å². The highest BCUT2D eigenvalue weighted by Gasteiger charge is 2.16. The lowest BCUT2D eigenvalue weighted by Gasteiger charge is -2.08. The number of nitrogens with zero attached hydrogens (tertiary/aromatic N) is 1. The number of rotatable bonds is 2. The molecule has 0 fully saturated rings. The Kier molecular flexibility index (Phi) is 4.77. The molecule has 2 aromatic rings. The topological polar surface area (TPSA) is 71.1 Å². The molecule has 7 heteroatoms. The van der Waals surface area contributed by atoms with Gasteiger partial charge < -0.3 is 10.6 Å². The summed E-state index contributed by atoms with van der Waals surface area (Å²) in [4.78, 5) is 27.5. The summed E-state index contributed by atoms with van der Waals surface area (Å²) in [6.07, 6.45) is 1.58. The SMILES string of the molecule is Cc1ccc(NC(=O)C(=O)Nc2cc(Cl)ccc2Cl)nc1. The first-order valence-corrected chi connectivity index (χ1v) is 6.71. The van der Waals surface area contributed by atoms with Crippen LogP contribution in [0.5, 0.6) is 0 Å². The van der Waals surface area contributed by atoms with Crippen molar-refractivity contribution < 1.29 is 9.59 Å². The number of halogens is 2. The maximum Gasteiger partial charge on any atom is 0.315 e. The average molecular weight is 324 g/mol. The van der Waals surface area contributed by atoms with Gasteiger partial charge in [0.25, 0.3) is 0 Å². The number of pyridine rings is 1. The van der Waals surface area contributed by atoms with E-state index in [9.17, 15) is 9.59 Å². The highest BCUT2D eigenvalue weighted by atomic mass is 35.5. The van der Waals surface area contributed by atoms with Crippen molar-refractivity contribution in [2.24, 2.45) is 0 Å². The first-order chi connectivity index (χ1) is 9.95. The summed E-state index contributed by atoms with van der Waals surface area (Å²) in [7, 11) is 0. The average Bonchev–Trinajstić information content (AvgIpc) is 2.45. The summed E-state index contributed by atoms with van der Waals surface area (Å²) in [5, 5.41) is 5.46. The Morgan fingerprint density at radius 2 is 1.76 bits per heavy atom. The van der Waals surface area contributed by atoms with Crippen LogP contribution in [0.4, 0.5) is 11.5 Å². The molecular weight excluding hydrogens is 313 g/mol. The minimum Gasteiger partial charge on any atom is -0.316 e. The molecular formula is C14H11Cl2N3O2. The highest BCUT2D eigenvalue weighted by Crippen LogP contribution is 2.25. The summed E-state index contributed by atoms with van der Waals surface area (Å²) >= 11 is 11.7. The van der Waals surface area contributed by atoms with Crippen molar-refractivity contribution in [1.82, 2.24) is 4.98 Å². The maximum absolute atomic E-state index is 11.8. The molecule has 0 saturated carbocycles. The number of nitrogens with one attached hydrogen (secondary N) is 2. The molecule has 5 nitrogen and oxygen atoms in total. The Hall–Kier alpha value is -2.11. The van der Waals surface area contributed by atoms with Gasteiger partial charge in [-0.25, -0.2) is 4.98 Å². The largest absolute Gasteiger partial charge is 0.316 e. The number of amides is 2. The van der Waals surface area contributed by atoms with Crippen molar-refractivity contribution in [1.29, 1.82) is 0 Å². The Morgan fingerprint density at radius 3 is 2.43 bits per heavy atom. The highest BCUT2D eigenvalue weighted by molar-refractivity contribution is 6.45. The quantitative estimate of drug-likeness (QED) is 0.833. The molecule has 1 aromatic carbocycles. The maximum atomic E-state index is 11.8. The zero-order valence-electron chi connectivity index (χ0n) is 11.0. The molecule has 2 amide bonds. The van der Waals surface area contributed by atoms with Gasteiger partial charge in [0.15, 0.2) is 0 Å². The molecule has 0 spiro atoms. The van der Waals surface area contributed by atoms with E-state index in [4.69, 9.17) is 23.2 Å². The fourth-order valence-corrected chi connectivity index (χ4v) is 1.82. The molecule has 0 unspecified atom stereocenters. The number of carbonyl (C=O) groups excluding carboxylic acids is 2. The van der Waals surface area contributed by atoms with E-state index in [0.717, 1.165) is 5.56 Å². The third-order valence-corrected chi connectivity index (χ3v) is 3.10. The molecule has 0 aliphatic carbocycles. The molecule has 0 saturated heterocycles. The normalized spacial score (nSPS) is 10.0. The minimum atomic E-state index is -0.860. The zero-order valence-corrected chi connectivity index (χ0v) is 12.5. The van der Waals surface area contributed by atoms with E-state index in [0.29, 0.717) is 5.02 Å². The molecule has 0 bridgehead atoms. The van der Waals surface area contributed by atoms with Crippen LogP contribution in [0.3, 0.4) is 0 Å². The Bertz CT molecular complexity index is 687. The van der Waals surface area contributed by atoms with Crippen molar-refractivity contribution in [3.05, 3.63) is 52.1 Å². The van der Waals surface area contributed by atoms with Crippen LogP contribution < -0.4 is 10.6 Å². The van der Waals surface area contributed by atoms with Crippen molar-refractivity contribution in [3.63, 3.8) is 0 Å². The van der Waals surface area contributed by atoms with E-state index in [2.05, 4.69) is 15.6 Å². The van der Waals surface area contributed by atoms with E-state index in [1.807, 2.05) is 6.92 Å². The molecule has 0 radical (unpaired) electrons. The van der Waals surface area contributed by atoms with Crippen molar-refractivity contribution in [2.75, 3.05) is 10.6 Å². The molecule has 21 heavy (non-hydrogen) atoms. The van der Waals surface area contributed by atoms with Crippen LogP contribution in [-0.2, 0) is 9.59 Å². The van der Waals surface area contributed by atoms with Gasteiger partial charge in [-0.2, -0.15) is 0 Å². The van der Waals surface area contributed by atoms with Gasteiger partial charge in [0.05, 0.1) is 10.7 Å². The van der Waals surface area contributed by atoms with Crippen molar-refractivity contribution in [2.45, 2.75) is 6.92 Å². The van der Waals surface area contributed by atoms with Crippen molar-refractivity contribution >= 4 is 46.5 Å². The van der Waals surface area contributed by atoms with Crippen LogP contribution in [0.1, 0.15) is 5.56 Å². The van der Waals surface area contributed by atoms with E-state index in [-0.39, 0.29) is 16.5 Å². The molecule has 0 aliphatic rings. The summed E-state index contributed by atoms with van der Waals surface area (Å²) < 4.78 is 0. The summed E-state index contributed by atoms with van der Waals surface area (Å²) in [5.41, 5.74) is 1.21. The van der Waals surface area contributed by atoms with Crippen LogP contribution >= 0.6 is 23.2 Å². The van der Waals surface area contributed by atoms with E-state index >= 15 is 0 Å². The smallest absolute Gasteiger partial charge is 0.315 e. The molecule has 2 N–H and O–H groups in total. The Balaban J connectivity index is 2.04. The Labute approximate surface area is 131 Å². The van der Waals surface area contributed by atoms with Crippen LogP contribution in [-0.4, -0.2) is 16.8 Å². The van der Waals surface area contributed by atoms with Gasteiger partial charge in [-0.05, 0) is 36.8 Å². The van der Waals surface area contributed by atoms with Crippen LogP contribution in [0, 0.1) is 6.92 Å². The number of anilines is 2. The number of hydrogen-bond acceptors (Lipinski definition) is 3. The second kappa shape index (κ2) is 6.56. The molecule has 1 aromatic heterocycles. The van der Waals surface area contributed by atoms with Gasteiger partial charge in [-0.15, -0.1) is 0 Å². The monoisotopic (exact) mass is 323 g/mol. The van der Waals surface area contributed by atoms with Gasteiger partial charge in [0, 0.05) is 11.2 Å². The first kappa shape index (κ1) is 15.3. The summed E-state index contributed by atoms with van der Waals surface area (Å²) in [6.45, 7) is 1.87. The van der Waals surface area contributed by atoms with Crippen LogP contribution in [0.25, 0.3) is 0 Å². The van der Waals surface area contributed by atoms with Gasteiger partial charge in [0.2, 0.25) is 0 Å². The Morgan fingerprint density at radius 1 is 1.05 bits per heavy atom. The molecule has 0 aliphatic heterocycles. The zero-order chi connectivity index (χ0) is 15.4. The third kappa shape index (κ3) is 4.18. The van der Waals surface area contributed by atoms with Crippen molar-refractivity contribution in [3.8, 4) is 0 Å². The first-order valence-electron chi connectivity index (χ1n) is 5.96. The standard InChI is InChI=1S/C14H11Cl2N3O2/c1-8-2-5-12(17-7-8)19-14(21)13(20)18-11-6-9(15)3-4-10(11)16/h2-7H,1H3,(H,18,20)(H,17,19,21). The van der Waals surface area contributed by atoms with Crippen LogP contribution in [0.2, 0.25) is 10.0 Å². The lowest BCUT2D eigenvalue weighted by molar-refractivity contribution is -0.133. The summed E-state index contributed by atoms with van der Waals surface area (Å²) in [5.74, 6) is -1.41. The van der Waals surface area contributed by atoms with Gasteiger partial charge in [0.1, 0.15) is 5.82 Å². The molecule has 1 heterocycles. The molecule has 2 rings (SSSR count). The number of benzene rings is 1. The second-order valence-electron chi connectivity index (χ2n) is 4.25. The van der Waals surface area contributed by atoms with E-state index < -0.39 is 11.8 Å². The van der Waals surface area contributed by atoms with Gasteiger partial charge >= 0.3 is 11.8 Å². The predicted octanol–water partition coefficient (Wildman–Crippen LogP) is 3.27. The number of carbonyl (C=O) groups is 2. The lowest BCUT2D eigenvalue weighted by Crippen LogP contribution is -2.29. The lowest BCUT2D eigenvalue weighted by atomic mass is 10.3. The number of aryl methyl sites for hydroxylation is 1. The number of hydrogen-bond donors (Lipinski definition) is 2. The molecule has 108 valence electrons. The minimum absolute atomic E-state index is 0.265. The fourth-order valence-electron chi connectivity index (χ4n) is 1.49.